The summed E-state index contributed by atoms with van der Waals surface area (Å²) in [6, 6.07) is 5.75. The molecule has 0 fully saturated rings. The molecule has 0 saturated heterocycles. The summed E-state index contributed by atoms with van der Waals surface area (Å²) in [6.45, 7) is 4.03. The van der Waals surface area contributed by atoms with Crippen LogP contribution in [0.1, 0.15) is 27.7 Å². The second kappa shape index (κ2) is 5.63. The van der Waals surface area contributed by atoms with Crippen molar-refractivity contribution in [1.29, 1.82) is 0 Å². The predicted molar refractivity (Wildman–Crippen MR) is 84.7 cm³/mol. The summed E-state index contributed by atoms with van der Waals surface area (Å²) in [5.74, 6) is 0. The molecule has 0 bridgehead atoms. The topological polar surface area (TPSA) is 20.2 Å². The highest BCUT2D eigenvalue weighted by Crippen LogP contribution is 2.39. The fourth-order valence-corrected chi connectivity index (χ4v) is 4.08. The van der Waals surface area contributed by atoms with Gasteiger partial charge in [0.25, 0.3) is 0 Å². The van der Waals surface area contributed by atoms with Crippen LogP contribution in [0.4, 0.5) is 0 Å². The fourth-order valence-electron chi connectivity index (χ4n) is 1.66. The first-order valence-electron chi connectivity index (χ1n) is 5.29. The molecule has 1 aromatic heterocycles. The van der Waals surface area contributed by atoms with Crippen molar-refractivity contribution >= 4 is 54.8 Å². The van der Waals surface area contributed by atoms with E-state index in [4.69, 9.17) is 11.6 Å². The van der Waals surface area contributed by atoms with Gasteiger partial charge in [-0.25, -0.2) is 0 Å². The first kappa shape index (κ1) is 14.5. The molecule has 0 amide bonds. The number of aliphatic hydroxyl groups excluding tert-OH is 1. The molecule has 2 aromatic rings. The van der Waals surface area contributed by atoms with Gasteiger partial charge in [0.05, 0.1) is 3.79 Å². The summed E-state index contributed by atoms with van der Waals surface area (Å²) in [5.41, 5.74) is 3.01. The van der Waals surface area contributed by atoms with Gasteiger partial charge in [0.15, 0.2) is 0 Å². The lowest BCUT2D eigenvalue weighted by Gasteiger charge is -2.13. The van der Waals surface area contributed by atoms with Gasteiger partial charge < -0.3 is 5.11 Å². The van der Waals surface area contributed by atoms with E-state index in [0.29, 0.717) is 5.02 Å². The molecular formula is C13H11Br2ClOS. The molecule has 1 nitrogen and oxygen atoms in total. The molecule has 1 aromatic carbocycles. The second-order valence-electron chi connectivity index (χ2n) is 4.13. The van der Waals surface area contributed by atoms with E-state index in [0.717, 1.165) is 29.8 Å². The maximum atomic E-state index is 10.4. The second-order valence-corrected chi connectivity index (χ2v) is 7.79. The zero-order valence-electron chi connectivity index (χ0n) is 9.80. The smallest absolute Gasteiger partial charge is 0.115 e. The molecule has 1 unspecified atom stereocenters. The number of hydrogen-bond donors (Lipinski definition) is 1. The van der Waals surface area contributed by atoms with Gasteiger partial charge in [-0.2, -0.15) is 0 Å². The summed E-state index contributed by atoms with van der Waals surface area (Å²) in [5, 5.41) is 11.0. The van der Waals surface area contributed by atoms with Gasteiger partial charge in [0.1, 0.15) is 6.10 Å². The van der Waals surface area contributed by atoms with Gasteiger partial charge >= 0.3 is 0 Å². The third-order valence-electron chi connectivity index (χ3n) is 2.84. The molecule has 0 aliphatic rings. The van der Waals surface area contributed by atoms with Gasteiger partial charge in [-0.15, -0.1) is 11.3 Å². The van der Waals surface area contributed by atoms with Crippen LogP contribution in [0.2, 0.25) is 5.02 Å². The average molecular weight is 411 g/mol. The Morgan fingerprint density at radius 2 is 1.78 bits per heavy atom. The number of rotatable bonds is 2. The van der Waals surface area contributed by atoms with Crippen molar-refractivity contribution in [3.8, 4) is 0 Å². The van der Waals surface area contributed by atoms with Crippen molar-refractivity contribution in [2.75, 3.05) is 0 Å². The Bertz CT molecular complexity index is 575. The van der Waals surface area contributed by atoms with Crippen LogP contribution >= 0.6 is 54.8 Å². The van der Waals surface area contributed by atoms with Crippen molar-refractivity contribution < 1.29 is 5.11 Å². The number of aliphatic hydroxyl groups is 1. The molecule has 0 aliphatic carbocycles. The van der Waals surface area contributed by atoms with E-state index in [1.54, 1.807) is 0 Å². The van der Waals surface area contributed by atoms with Crippen LogP contribution in [0.25, 0.3) is 0 Å². The molecule has 1 atom stereocenters. The number of benzene rings is 1. The van der Waals surface area contributed by atoms with E-state index in [-0.39, 0.29) is 0 Å². The highest BCUT2D eigenvalue weighted by molar-refractivity contribution is 9.13. The maximum Gasteiger partial charge on any atom is 0.115 e. The number of aryl methyl sites for hydroxylation is 2. The first-order valence-corrected chi connectivity index (χ1v) is 8.07. The van der Waals surface area contributed by atoms with Gasteiger partial charge in [-0.3, -0.25) is 0 Å². The van der Waals surface area contributed by atoms with Crippen molar-refractivity contribution in [2.45, 2.75) is 20.0 Å². The zero-order valence-corrected chi connectivity index (χ0v) is 14.5. The molecule has 1 heterocycles. The molecule has 5 heteroatoms. The van der Waals surface area contributed by atoms with Crippen molar-refractivity contribution in [1.82, 2.24) is 0 Å². The number of thiophene rings is 1. The van der Waals surface area contributed by atoms with Crippen molar-refractivity contribution in [3.05, 3.63) is 53.0 Å². The van der Waals surface area contributed by atoms with Crippen molar-refractivity contribution in [2.24, 2.45) is 0 Å². The SMILES string of the molecule is Cc1cc(Cl)c(C(O)c2cc(Br)c(Br)s2)cc1C. The molecule has 18 heavy (non-hydrogen) atoms. The van der Waals surface area contributed by atoms with Crippen LogP contribution in [0.15, 0.2) is 26.5 Å². The lowest BCUT2D eigenvalue weighted by atomic mass is 10.0. The van der Waals surface area contributed by atoms with E-state index in [2.05, 4.69) is 31.9 Å². The predicted octanol–water partition coefficient (Wildman–Crippen LogP) is 5.63. The highest BCUT2D eigenvalue weighted by atomic mass is 79.9. The minimum atomic E-state index is -0.690. The summed E-state index contributed by atoms with van der Waals surface area (Å²) < 4.78 is 1.91. The van der Waals surface area contributed by atoms with Gasteiger partial charge in [-0.1, -0.05) is 17.7 Å². The quantitative estimate of drug-likeness (QED) is 0.681. The van der Waals surface area contributed by atoms with E-state index in [1.165, 1.54) is 11.3 Å². The molecule has 1 N–H and O–H groups in total. The van der Waals surface area contributed by atoms with Gasteiger partial charge in [0, 0.05) is 19.9 Å². The average Bonchev–Trinajstić information content (AvgIpc) is 2.63. The normalized spacial score (nSPS) is 12.8. The highest BCUT2D eigenvalue weighted by Gasteiger charge is 2.18. The largest absolute Gasteiger partial charge is 0.383 e. The van der Waals surface area contributed by atoms with Crippen LogP contribution in [-0.2, 0) is 0 Å². The van der Waals surface area contributed by atoms with E-state index < -0.39 is 6.10 Å². The Morgan fingerprint density at radius 3 is 2.33 bits per heavy atom. The minimum Gasteiger partial charge on any atom is -0.383 e. The molecule has 0 spiro atoms. The fraction of sp³-hybridized carbons (Fsp3) is 0.231. The first-order chi connectivity index (χ1) is 8.40. The molecule has 96 valence electrons. The zero-order chi connectivity index (χ0) is 13.4. The summed E-state index contributed by atoms with van der Waals surface area (Å²) >= 11 is 14.6. The third-order valence-corrected chi connectivity index (χ3v) is 6.48. The molecule has 2 rings (SSSR count). The summed E-state index contributed by atoms with van der Waals surface area (Å²) in [6.07, 6.45) is -0.690. The number of halogens is 3. The van der Waals surface area contributed by atoms with Crippen molar-refractivity contribution in [3.63, 3.8) is 0 Å². The Balaban J connectivity index is 2.45. The van der Waals surface area contributed by atoms with Crippen LogP contribution < -0.4 is 0 Å². The van der Waals surface area contributed by atoms with Crippen LogP contribution in [0.5, 0.6) is 0 Å². The maximum absolute atomic E-state index is 10.4. The monoisotopic (exact) mass is 408 g/mol. The molecule has 0 aliphatic heterocycles. The Labute approximate surface area is 132 Å². The summed E-state index contributed by atoms with van der Waals surface area (Å²) in [7, 11) is 0. The Morgan fingerprint density at radius 1 is 1.17 bits per heavy atom. The van der Waals surface area contributed by atoms with Gasteiger partial charge in [0.2, 0.25) is 0 Å². The molecule has 0 radical (unpaired) electrons. The van der Waals surface area contributed by atoms with Crippen LogP contribution in [-0.4, -0.2) is 5.11 Å². The Hall–Kier alpha value is 0.130. The number of hydrogen-bond acceptors (Lipinski definition) is 2. The molecule has 0 saturated carbocycles. The van der Waals surface area contributed by atoms with Crippen LogP contribution in [0.3, 0.4) is 0 Å². The minimum absolute atomic E-state index is 0.603. The third kappa shape index (κ3) is 2.83. The molecular weight excluding hydrogens is 399 g/mol. The lowest BCUT2D eigenvalue weighted by Crippen LogP contribution is -1.99. The van der Waals surface area contributed by atoms with E-state index in [9.17, 15) is 5.11 Å². The lowest BCUT2D eigenvalue weighted by molar-refractivity contribution is 0.224. The standard InChI is InChI=1S/C13H11Br2ClOS/c1-6-3-8(10(16)4-7(6)2)12(17)11-5-9(14)13(15)18-11/h3-5,12,17H,1-2H3. The van der Waals surface area contributed by atoms with E-state index >= 15 is 0 Å². The van der Waals surface area contributed by atoms with Gasteiger partial charge in [-0.05, 0) is 69.0 Å². The summed E-state index contributed by atoms with van der Waals surface area (Å²) in [4.78, 5) is 0.860. The van der Waals surface area contributed by atoms with E-state index in [1.807, 2.05) is 32.0 Å². The van der Waals surface area contributed by atoms with Crippen LogP contribution in [0, 0.1) is 13.8 Å². The Kier molecular flexibility index (Phi) is 4.55.